The number of unbranched alkanes of at least 4 members (excludes halogenated alkanes) is 7. The molecule has 25 heteroatoms. The van der Waals surface area contributed by atoms with E-state index in [0.29, 0.717) is 80.0 Å². The number of carbonyl (C=O) groups excluding carboxylic acids is 6. The summed E-state index contributed by atoms with van der Waals surface area (Å²) in [5.41, 5.74) is 8.79. The van der Waals surface area contributed by atoms with Gasteiger partial charge in [-0.05, 0) is 68.2 Å². The predicted molar refractivity (Wildman–Crippen MR) is 304 cm³/mol. The molecule has 0 aliphatic carbocycles. The Kier molecular flexibility index (Phi) is 25.4. The zero-order valence-electron chi connectivity index (χ0n) is 47.6. The molecule has 2 fully saturated rings. The number of nitrogen functional groups attached to an aromatic ring is 1. The fourth-order valence-corrected chi connectivity index (χ4v) is 14.7. The Morgan fingerprint density at radius 1 is 0.765 bits per heavy atom. The Morgan fingerprint density at radius 3 is 2.04 bits per heavy atom. The molecule has 6 atom stereocenters. The maximum atomic E-state index is 13.1. The van der Waals surface area contributed by atoms with Gasteiger partial charge in [0.15, 0.2) is 17.2 Å². The summed E-state index contributed by atoms with van der Waals surface area (Å²) in [4.78, 5) is 88.9. The van der Waals surface area contributed by atoms with Crippen LogP contribution in [0.25, 0.3) is 11.2 Å². The molecule has 0 saturated carbocycles. The molecule has 4 heterocycles. The molecule has 2 aromatic carbocycles. The summed E-state index contributed by atoms with van der Waals surface area (Å²) in [5.74, 6) is -1.61. The highest BCUT2D eigenvalue weighted by Crippen LogP contribution is 2.55. The quantitative estimate of drug-likeness (QED) is 0.00991. The Morgan fingerprint density at radius 2 is 1.38 bits per heavy atom. The summed E-state index contributed by atoms with van der Waals surface area (Å²) in [6.07, 6.45) is 7.77. The Balaban J connectivity index is 0.802. The van der Waals surface area contributed by atoms with Crippen LogP contribution in [-0.2, 0) is 55.6 Å². The van der Waals surface area contributed by atoms with E-state index in [1.165, 1.54) is 26.7 Å². The van der Waals surface area contributed by atoms with E-state index >= 15 is 0 Å². The second-order valence-electron chi connectivity index (χ2n) is 20.9. The molecule has 6 N–H and O–H groups in total. The number of hydrogen-bond acceptors (Lipinski definition) is 18. The van der Waals surface area contributed by atoms with Gasteiger partial charge in [0, 0.05) is 76.4 Å². The lowest BCUT2D eigenvalue weighted by atomic mass is 10.0. The van der Waals surface area contributed by atoms with Gasteiger partial charge in [-0.15, -0.1) is 0 Å². The molecule has 23 nitrogen and oxygen atoms in total. The van der Waals surface area contributed by atoms with Crippen molar-refractivity contribution in [3.05, 3.63) is 83.9 Å². The number of carbonyl (C=O) groups is 6. The van der Waals surface area contributed by atoms with Gasteiger partial charge in [-0.25, -0.2) is 19.5 Å². The van der Waals surface area contributed by atoms with Gasteiger partial charge in [-0.3, -0.25) is 46.9 Å². The van der Waals surface area contributed by atoms with E-state index in [9.17, 15) is 33.3 Å². The van der Waals surface area contributed by atoms with Crippen LogP contribution in [-0.4, -0.2) is 134 Å². The van der Waals surface area contributed by atoms with Crippen LogP contribution in [0.4, 0.5) is 5.82 Å². The molecule has 4 aromatic rings. The first kappa shape index (κ1) is 64.2. The lowest BCUT2D eigenvalue weighted by molar-refractivity contribution is -0.222. The van der Waals surface area contributed by atoms with E-state index in [4.69, 9.17) is 37.6 Å². The Labute approximate surface area is 475 Å². The third kappa shape index (κ3) is 19.0. The third-order valence-corrected chi connectivity index (χ3v) is 20.2. The van der Waals surface area contributed by atoms with Crippen LogP contribution in [0.1, 0.15) is 157 Å². The summed E-state index contributed by atoms with van der Waals surface area (Å²) in [6, 6.07) is 14.8. The monoisotopic (exact) mass is 1160 g/mol. The van der Waals surface area contributed by atoms with Crippen LogP contribution < -0.4 is 27.0 Å². The van der Waals surface area contributed by atoms with Crippen LogP contribution in [0, 0.1) is 0 Å². The van der Waals surface area contributed by atoms with E-state index in [0.717, 1.165) is 51.4 Å². The smallest absolute Gasteiger partial charge is 0.459 e. The minimum absolute atomic E-state index is 0.0812. The molecule has 6 unspecified atom stereocenters. The second-order valence-corrected chi connectivity index (χ2v) is 27.0. The van der Waals surface area contributed by atoms with Crippen LogP contribution in [0.15, 0.2) is 67.3 Å². The van der Waals surface area contributed by atoms with Gasteiger partial charge in [0.25, 0.3) is 5.91 Å². The first-order valence-corrected chi connectivity index (χ1v) is 31.7. The molecule has 0 radical (unpaired) electrons. The number of aromatic nitrogens is 4. The number of anilines is 1. The molecule has 2 aromatic heterocycles. The lowest BCUT2D eigenvalue weighted by Gasteiger charge is -2.44. The van der Waals surface area contributed by atoms with Gasteiger partial charge in [0.2, 0.25) is 17.7 Å². The van der Waals surface area contributed by atoms with E-state index < -0.39 is 52.9 Å². The number of esters is 1. The number of ether oxygens (including phenoxy) is 2. The van der Waals surface area contributed by atoms with E-state index in [1.54, 1.807) is 53.1 Å². The topological polar surface area (TPSA) is 302 Å². The van der Waals surface area contributed by atoms with Crippen LogP contribution in [0.3, 0.4) is 0 Å². The summed E-state index contributed by atoms with van der Waals surface area (Å²) in [6.45, 7) is 12.4. The predicted octanol–water partition coefficient (Wildman–Crippen LogP) is 7.54. The molecule has 0 spiro atoms. The van der Waals surface area contributed by atoms with Gasteiger partial charge in [-0.1, -0.05) is 95.8 Å². The highest BCUT2D eigenvalue weighted by Gasteiger charge is 2.51. The number of nitrogens with one attached hydrogen (secondary N) is 4. The number of nitrogens with two attached hydrogens (primary N) is 1. The number of hydrogen-bond donors (Lipinski definition) is 5. The van der Waals surface area contributed by atoms with Crippen LogP contribution in [0.2, 0.25) is 11.1 Å². The van der Waals surface area contributed by atoms with Crippen molar-refractivity contribution >= 4 is 68.7 Å². The number of ketones is 1. The molecule has 6 rings (SSSR count). The average molecular weight is 1160 g/mol. The maximum Gasteiger partial charge on any atom is 0.475 e. The fraction of sp³-hybridized carbons (Fsp3) is 0.589. The van der Waals surface area contributed by atoms with Gasteiger partial charge < -0.3 is 45.3 Å². The number of benzene rings is 2. The summed E-state index contributed by atoms with van der Waals surface area (Å²) in [5, 5.41) is 11.5. The van der Waals surface area contributed by atoms with Gasteiger partial charge in [-0.2, -0.15) is 0 Å². The van der Waals surface area contributed by atoms with Gasteiger partial charge >= 0.3 is 22.4 Å². The molecule has 2 saturated heterocycles. The SMILES string of the molecule is COP1(=O)OCC2OC(n3cnc4c(N)ncnc43)CC(OC(=O)CCC(=O)NCCCCCCO[Si](OCCCCCCNC(=O)C(CCCCNC(=O)c3ccc(C(=O)c4ccccc4)cc3)NC(C)=O)(C(C)C)C(C)C)C2O1. The van der Waals surface area contributed by atoms with E-state index in [2.05, 4.69) is 63.9 Å². The zero-order valence-corrected chi connectivity index (χ0v) is 49.5. The van der Waals surface area contributed by atoms with E-state index in [1.807, 2.05) is 6.07 Å². The summed E-state index contributed by atoms with van der Waals surface area (Å²) < 4.78 is 56.0. The van der Waals surface area contributed by atoms with E-state index in [-0.39, 0.29) is 72.2 Å². The lowest BCUT2D eigenvalue weighted by Crippen LogP contribution is -2.53. The number of fused-ring (bicyclic) bond motifs is 2. The standard InChI is InChI=1S/C56H82N9O14PSi/c1-38(2)81(39(3)4,76-33-19-10-8-16-30-60-56(71)44(64-40(5)66)22-14-17-31-59-55(70)43-25-23-42(24-26-43)51(69)41-20-12-11-13-21-41)75-32-18-9-7-15-29-58-47(67)27-28-49(68)78-45-34-48(65-37-63-50-53(57)61-36-62-54(50)65)77-46-35-74-80(72,73-6)79-52(45)46/h11-13,20-21,23-26,36-39,44-46,48,52H,7-10,14-19,22,27-35H2,1-6H3,(H,58,67)(H,59,70)(H,60,71)(H,64,66)(H2,57,61,62). The molecule has 2 aliphatic heterocycles. The first-order valence-electron chi connectivity index (χ1n) is 28.3. The summed E-state index contributed by atoms with van der Waals surface area (Å²) in [7, 11) is -5.28. The Hall–Kier alpha value is -5.98. The summed E-state index contributed by atoms with van der Waals surface area (Å²) >= 11 is 0. The zero-order chi connectivity index (χ0) is 58.4. The van der Waals surface area contributed by atoms with Crippen molar-refractivity contribution in [3.8, 4) is 0 Å². The largest absolute Gasteiger partial charge is 0.475 e. The molecule has 4 amide bonds. The number of phosphoric acid groups is 1. The van der Waals surface area contributed by atoms with Crippen molar-refractivity contribution in [1.29, 1.82) is 0 Å². The van der Waals surface area contributed by atoms with Gasteiger partial charge in [0.05, 0.1) is 19.4 Å². The third-order valence-electron chi connectivity index (χ3n) is 14.3. The highest BCUT2D eigenvalue weighted by atomic mass is 31.2. The molecule has 444 valence electrons. The minimum Gasteiger partial charge on any atom is -0.459 e. The molecule has 81 heavy (non-hydrogen) atoms. The Bertz CT molecular complexity index is 2730. The first-order chi connectivity index (χ1) is 38.9. The highest BCUT2D eigenvalue weighted by molar-refractivity contribution is 7.48. The second kappa shape index (κ2) is 32.0. The van der Waals surface area contributed by atoms with Crippen molar-refractivity contribution in [3.63, 3.8) is 0 Å². The van der Waals surface area contributed by atoms with Crippen LogP contribution >= 0.6 is 7.82 Å². The number of imidazole rings is 1. The number of phosphoric ester groups is 1. The molecule has 0 bridgehead atoms. The minimum atomic E-state index is -3.92. The van der Waals surface area contributed by atoms with Crippen molar-refractivity contribution in [1.82, 2.24) is 40.8 Å². The van der Waals surface area contributed by atoms with Crippen molar-refractivity contribution < 1.29 is 65.2 Å². The molecule has 2 aliphatic rings. The van der Waals surface area contributed by atoms with Crippen molar-refractivity contribution in [2.45, 2.75) is 166 Å². The average Bonchev–Trinajstić information content (AvgIpc) is 3.91. The van der Waals surface area contributed by atoms with Crippen LogP contribution in [0.5, 0.6) is 0 Å². The fourth-order valence-electron chi connectivity index (χ4n) is 9.91. The van der Waals surface area contributed by atoms with Crippen molar-refractivity contribution in [2.75, 3.05) is 52.3 Å². The molecular weight excluding hydrogens is 1080 g/mol. The number of rotatable bonds is 34. The van der Waals surface area contributed by atoms with Crippen molar-refractivity contribution in [2.24, 2.45) is 0 Å². The number of amides is 4. The van der Waals surface area contributed by atoms with Gasteiger partial charge in [0.1, 0.15) is 42.4 Å². The maximum absolute atomic E-state index is 13.1. The molecular formula is C56H82N9O14PSi. The number of nitrogens with zero attached hydrogens (tertiary/aromatic N) is 4. The normalized spacial score (nSPS) is 19.4.